The van der Waals surface area contributed by atoms with Gasteiger partial charge in [-0.1, -0.05) is 12.1 Å². The molecule has 1 amide bonds. The molecular formula is C16H21FN4OS. The quantitative estimate of drug-likeness (QED) is 0.769. The molecule has 0 saturated heterocycles. The molecule has 5 nitrogen and oxygen atoms in total. The zero-order valence-electron chi connectivity index (χ0n) is 13.1. The van der Waals surface area contributed by atoms with Crippen molar-refractivity contribution in [2.75, 3.05) is 26.7 Å². The lowest BCUT2D eigenvalue weighted by atomic mass is 10.2. The van der Waals surface area contributed by atoms with Crippen LogP contribution in [0.15, 0.2) is 29.6 Å². The maximum Gasteiger partial charge on any atom is 0.270 e. The highest BCUT2D eigenvalue weighted by molar-refractivity contribution is 7.09. The predicted octanol–water partition coefficient (Wildman–Crippen LogP) is 1.65. The van der Waals surface area contributed by atoms with Crippen LogP contribution in [0.2, 0.25) is 0 Å². The standard InChI is InChI=1S/C16H21FN4OS/c1-21(10-12-2-4-13(17)5-3-12)9-8-19-16(22)14-11-23-15(20-14)6-7-18/h2-5,11H,6-10,18H2,1H3,(H,19,22). The molecule has 1 aromatic heterocycles. The van der Waals surface area contributed by atoms with E-state index in [0.29, 0.717) is 38.3 Å². The number of rotatable bonds is 8. The van der Waals surface area contributed by atoms with E-state index >= 15 is 0 Å². The number of hydrogen-bond acceptors (Lipinski definition) is 5. The summed E-state index contributed by atoms with van der Waals surface area (Å²) in [5, 5.41) is 5.49. The molecule has 0 aliphatic heterocycles. The predicted molar refractivity (Wildman–Crippen MR) is 89.9 cm³/mol. The SMILES string of the molecule is CN(CCNC(=O)c1csc(CCN)n1)Cc1ccc(F)cc1. The summed E-state index contributed by atoms with van der Waals surface area (Å²) in [5.74, 6) is -0.402. The molecule has 0 aliphatic carbocycles. The van der Waals surface area contributed by atoms with Crippen LogP contribution in [-0.4, -0.2) is 42.5 Å². The van der Waals surface area contributed by atoms with Crippen molar-refractivity contribution in [2.24, 2.45) is 5.73 Å². The van der Waals surface area contributed by atoms with Gasteiger partial charge in [-0.25, -0.2) is 9.37 Å². The van der Waals surface area contributed by atoms with E-state index in [0.717, 1.165) is 10.6 Å². The molecule has 0 bridgehead atoms. The van der Waals surface area contributed by atoms with Crippen LogP contribution in [0, 0.1) is 5.82 Å². The highest BCUT2D eigenvalue weighted by Gasteiger charge is 2.10. The number of halogens is 1. The number of amides is 1. The number of nitrogens with zero attached hydrogens (tertiary/aromatic N) is 2. The first-order valence-electron chi connectivity index (χ1n) is 7.44. The molecule has 0 saturated carbocycles. The van der Waals surface area contributed by atoms with E-state index in [1.807, 2.05) is 7.05 Å². The molecule has 2 aromatic rings. The molecule has 0 atom stereocenters. The van der Waals surface area contributed by atoms with Crippen LogP contribution in [0.1, 0.15) is 21.1 Å². The molecule has 23 heavy (non-hydrogen) atoms. The molecule has 0 fully saturated rings. The Morgan fingerprint density at radius 2 is 2.13 bits per heavy atom. The van der Waals surface area contributed by atoms with Crippen LogP contribution in [0.3, 0.4) is 0 Å². The van der Waals surface area contributed by atoms with Gasteiger partial charge in [0.1, 0.15) is 11.5 Å². The van der Waals surface area contributed by atoms with Gasteiger partial charge in [0, 0.05) is 31.4 Å². The third-order valence-corrected chi connectivity index (χ3v) is 4.20. The highest BCUT2D eigenvalue weighted by Crippen LogP contribution is 2.10. The number of aromatic nitrogens is 1. The number of benzene rings is 1. The second-order valence-corrected chi connectivity index (χ2v) is 6.23. The summed E-state index contributed by atoms with van der Waals surface area (Å²) in [4.78, 5) is 18.3. The van der Waals surface area contributed by atoms with Crippen LogP contribution < -0.4 is 11.1 Å². The molecule has 1 aromatic carbocycles. The largest absolute Gasteiger partial charge is 0.349 e. The fraction of sp³-hybridized carbons (Fsp3) is 0.375. The van der Waals surface area contributed by atoms with Crippen molar-refractivity contribution < 1.29 is 9.18 Å². The summed E-state index contributed by atoms with van der Waals surface area (Å²) in [6, 6.07) is 6.43. The average Bonchev–Trinajstić information content (AvgIpc) is 2.99. The first-order valence-corrected chi connectivity index (χ1v) is 8.32. The third-order valence-electron chi connectivity index (χ3n) is 3.29. The number of nitrogens with two attached hydrogens (primary N) is 1. The molecule has 0 radical (unpaired) electrons. The molecular weight excluding hydrogens is 315 g/mol. The van der Waals surface area contributed by atoms with E-state index in [1.165, 1.54) is 23.5 Å². The Morgan fingerprint density at radius 1 is 1.39 bits per heavy atom. The van der Waals surface area contributed by atoms with Crippen molar-refractivity contribution in [3.63, 3.8) is 0 Å². The zero-order valence-corrected chi connectivity index (χ0v) is 13.9. The summed E-state index contributed by atoms with van der Waals surface area (Å²) in [6.45, 7) is 2.46. The minimum atomic E-state index is -0.235. The highest BCUT2D eigenvalue weighted by atomic mass is 32.1. The van der Waals surface area contributed by atoms with E-state index in [9.17, 15) is 9.18 Å². The van der Waals surface area contributed by atoms with Gasteiger partial charge in [0.25, 0.3) is 5.91 Å². The van der Waals surface area contributed by atoms with Crippen LogP contribution in [0.4, 0.5) is 4.39 Å². The Kier molecular flexibility index (Phi) is 6.64. The second kappa shape index (κ2) is 8.71. The smallest absolute Gasteiger partial charge is 0.270 e. The van der Waals surface area contributed by atoms with Gasteiger partial charge in [-0.3, -0.25) is 4.79 Å². The summed E-state index contributed by atoms with van der Waals surface area (Å²) in [6.07, 6.45) is 0.693. The van der Waals surface area contributed by atoms with Crippen molar-refractivity contribution in [2.45, 2.75) is 13.0 Å². The lowest BCUT2D eigenvalue weighted by Crippen LogP contribution is -2.33. The molecule has 124 valence electrons. The maximum absolute atomic E-state index is 12.9. The molecule has 2 rings (SSSR count). The van der Waals surface area contributed by atoms with Gasteiger partial charge >= 0.3 is 0 Å². The topological polar surface area (TPSA) is 71.2 Å². The molecule has 0 spiro atoms. The van der Waals surface area contributed by atoms with E-state index in [4.69, 9.17) is 5.73 Å². The van der Waals surface area contributed by atoms with E-state index in [1.54, 1.807) is 17.5 Å². The molecule has 0 aliphatic rings. The first-order chi connectivity index (χ1) is 11.1. The third kappa shape index (κ3) is 5.70. The van der Waals surface area contributed by atoms with Gasteiger partial charge in [0.05, 0.1) is 5.01 Å². The van der Waals surface area contributed by atoms with Crippen LogP contribution in [-0.2, 0) is 13.0 Å². The normalized spacial score (nSPS) is 11.0. The Morgan fingerprint density at radius 3 is 2.83 bits per heavy atom. The molecule has 0 unspecified atom stereocenters. The summed E-state index contributed by atoms with van der Waals surface area (Å²) in [5.41, 5.74) is 6.95. The molecule has 7 heteroatoms. The molecule has 3 N–H and O–H groups in total. The van der Waals surface area contributed by atoms with Gasteiger partial charge in [0.15, 0.2) is 0 Å². The Hall–Kier alpha value is -1.83. The van der Waals surface area contributed by atoms with Gasteiger partial charge in [-0.15, -0.1) is 11.3 Å². The lowest BCUT2D eigenvalue weighted by Gasteiger charge is -2.16. The van der Waals surface area contributed by atoms with Gasteiger partial charge < -0.3 is 16.0 Å². The summed E-state index contributed by atoms with van der Waals surface area (Å²) >= 11 is 1.45. The number of likely N-dealkylation sites (N-methyl/N-ethyl adjacent to an activating group) is 1. The number of thiazole rings is 1. The number of carbonyl (C=O) groups is 1. The van der Waals surface area contributed by atoms with Crippen molar-refractivity contribution >= 4 is 17.2 Å². The van der Waals surface area contributed by atoms with Crippen molar-refractivity contribution in [3.8, 4) is 0 Å². The Bertz CT molecular complexity index is 629. The number of nitrogens with one attached hydrogen (secondary N) is 1. The minimum absolute atomic E-state index is 0.167. The van der Waals surface area contributed by atoms with E-state index in [-0.39, 0.29) is 11.7 Å². The number of carbonyl (C=O) groups excluding carboxylic acids is 1. The monoisotopic (exact) mass is 336 g/mol. The number of hydrogen-bond donors (Lipinski definition) is 2. The second-order valence-electron chi connectivity index (χ2n) is 5.29. The van der Waals surface area contributed by atoms with Gasteiger partial charge in [-0.2, -0.15) is 0 Å². The summed E-state index contributed by atoms with van der Waals surface area (Å²) in [7, 11) is 1.96. The van der Waals surface area contributed by atoms with Gasteiger partial charge in [-0.05, 0) is 31.3 Å². The van der Waals surface area contributed by atoms with Crippen LogP contribution in [0.25, 0.3) is 0 Å². The van der Waals surface area contributed by atoms with Crippen molar-refractivity contribution in [1.82, 2.24) is 15.2 Å². The van der Waals surface area contributed by atoms with Crippen molar-refractivity contribution in [1.29, 1.82) is 0 Å². The summed E-state index contributed by atoms with van der Waals surface area (Å²) < 4.78 is 12.9. The minimum Gasteiger partial charge on any atom is -0.349 e. The van der Waals surface area contributed by atoms with E-state index < -0.39 is 0 Å². The van der Waals surface area contributed by atoms with Crippen LogP contribution in [0.5, 0.6) is 0 Å². The van der Waals surface area contributed by atoms with Crippen molar-refractivity contribution in [3.05, 3.63) is 51.7 Å². The first kappa shape index (κ1) is 17.5. The van der Waals surface area contributed by atoms with E-state index in [2.05, 4.69) is 15.2 Å². The lowest BCUT2D eigenvalue weighted by molar-refractivity contribution is 0.0945. The fourth-order valence-electron chi connectivity index (χ4n) is 2.08. The maximum atomic E-state index is 12.9. The zero-order chi connectivity index (χ0) is 16.7. The fourth-order valence-corrected chi connectivity index (χ4v) is 2.88. The van der Waals surface area contributed by atoms with Crippen LogP contribution >= 0.6 is 11.3 Å². The molecule has 1 heterocycles. The van der Waals surface area contributed by atoms with Gasteiger partial charge in [0.2, 0.25) is 0 Å². The average molecular weight is 336 g/mol. The Balaban J connectivity index is 1.72. The Labute approximate surface area is 139 Å².